The van der Waals surface area contributed by atoms with E-state index in [1.165, 1.54) is 12.1 Å². The zero-order valence-corrected chi connectivity index (χ0v) is 14.2. The molecule has 1 aliphatic rings. The third kappa shape index (κ3) is 4.05. The molecule has 1 heterocycles. The minimum absolute atomic E-state index is 0.0207. The minimum Gasteiger partial charge on any atom is -0.359 e. The van der Waals surface area contributed by atoms with Crippen LogP contribution in [0.3, 0.4) is 0 Å². The molecule has 1 aliphatic heterocycles. The van der Waals surface area contributed by atoms with Crippen LogP contribution >= 0.6 is 0 Å². The number of anilines is 1. The molecule has 0 radical (unpaired) electrons. The number of nitrogens with one attached hydrogen (secondary N) is 1. The molecule has 2 aromatic rings. The summed E-state index contributed by atoms with van der Waals surface area (Å²) in [5, 5.41) is 2.60. The van der Waals surface area contributed by atoms with Gasteiger partial charge in [-0.25, -0.2) is 4.39 Å². The highest BCUT2D eigenvalue weighted by Gasteiger charge is 2.34. The van der Waals surface area contributed by atoms with Crippen LogP contribution in [0, 0.1) is 11.7 Å². The summed E-state index contributed by atoms with van der Waals surface area (Å²) in [5.41, 5.74) is 3.07. The molecule has 0 aromatic heterocycles. The quantitative estimate of drug-likeness (QED) is 0.910. The third-order valence-electron chi connectivity index (χ3n) is 4.61. The molecule has 4 nitrogen and oxygen atoms in total. The van der Waals surface area contributed by atoms with E-state index in [1.54, 1.807) is 24.1 Å². The number of rotatable bonds is 5. The molecule has 0 aliphatic carbocycles. The Bertz CT molecular complexity index is 756. The highest BCUT2D eigenvalue weighted by molar-refractivity contribution is 6.00. The number of benzene rings is 2. The Balaban J connectivity index is 1.61. The van der Waals surface area contributed by atoms with Crippen molar-refractivity contribution in [2.45, 2.75) is 19.3 Å². The standard InChI is InChI=1S/C20H21FN2O2/c1-22-20(25)16-12-19(24)23(13-16)18-10-6-15(7-11-18)3-2-14-4-8-17(21)9-5-14/h4-11,16H,2-3,12-13H2,1H3,(H,22,25). The molecule has 2 aromatic carbocycles. The Kier molecular flexibility index (Phi) is 5.12. The molecular formula is C20H21FN2O2. The summed E-state index contributed by atoms with van der Waals surface area (Å²) in [6, 6.07) is 14.4. The average Bonchev–Trinajstić information content (AvgIpc) is 3.03. The van der Waals surface area contributed by atoms with E-state index in [-0.39, 0.29) is 30.0 Å². The Hall–Kier alpha value is -2.69. The van der Waals surface area contributed by atoms with Gasteiger partial charge in [-0.15, -0.1) is 0 Å². The van der Waals surface area contributed by atoms with Crippen LogP contribution in [0.1, 0.15) is 17.5 Å². The predicted octanol–water partition coefficient (Wildman–Crippen LogP) is 2.71. The number of aryl methyl sites for hydroxylation is 2. The van der Waals surface area contributed by atoms with Gasteiger partial charge in [-0.2, -0.15) is 0 Å². The number of halogens is 1. The van der Waals surface area contributed by atoms with Gasteiger partial charge in [0.15, 0.2) is 0 Å². The van der Waals surface area contributed by atoms with Gasteiger partial charge in [0, 0.05) is 25.7 Å². The molecule has 130 valence electrons. The van der Waals surface area contributed by atoms with E-state index >= 15 is 0 Å². The first-order valence-corrected chi connectivity index (χ1v) is 8.42. The summed E-state index contributed by atoms with van der Waals surface area (Å²) in [6.45, 7) is 0.424. The van der Waals surface area contributed by atoms with E-state index in [4.69, 9.17) is 0 Å². The number of carbonyl (C=O) groups excluding carboxylic acids is 2. The molecule has 0 bridgehead atoms. The largest absolute Gasteiger partial charge is 0.359 e. The van der Waals surface area contributed by atoms with Gasteiger partial charge in [0.2, 0.25) is 11.8 Å². The fraction of sp³-hybridized carbons (Fsp3) is 0.300. The Morgan fingerprint density at radius 1 is 1.08 bits per heavy atom. The number of hydrogen-bond acceptors (Lipinski definition) is 2. The molecular weight excluding hydrogens is 319 g/mol. The number of amides is 2. The second-order valence-corrected chi connectivity index (χ2v) is 6.31. The normalized spacial score (nSPS) is 17.0. The average molecular weight is 340 g/mol. The SMILES string of the molecule is CNC(=O)C1CC(=O)N(c2ccc(CCc3ccc(F)cc3)cc2)C1. The molecule has 1 saturated heterocycles. The topological polar surface area (TPSA) is 49.4 Å². The van der Waals surface area contributed by atoms with E-state index in [0.717, 1.165) is 29.7 Å². The molecule has 25 heavy (non-hydrogen) atoms. The molecule has 0 saturated carbocycles. The molecule has 2 amide bonds. The molecule has 0 spiro atoms. The van der Waals surface area contributed by atoms with Crippen molar-refractivity contribution in [1.29, 1.82) is 0 Å². The molecule has 1 atom stereocenters. The number of nitrogens with zero attached hydrogens (tertiary/aromatic N) is 1. The van der Waals surface area contributed by atoms with Gasteiger partial charge in [0.1, 0.15) is 5.82 Å². The Morgan fingerprint density at radius 2 is 1.64 bits per heavy atom. The maximum Gasteiger partial charge on any atom is 0.227 e. The Morgan fingerprint density at radius 3 is 2.20 bits per heavy atom. The molecule has 1 fully saturated rings. The first kappa shape index (κ1) is 17.1. The van der Waals surface area contributed by atoms with Crippen molar-refractivity contribution < 1.29 is 14.0 Å². The second-order valence-electron chi connectivity index (χ2n) is 6.31. The first-order valence-electron chi connectivity index (χ1n) is 8.42. The van der Waals surface area contributed by atoms with Crippen LogP contribution < -0.4 is 10.2 Å². The molecule has 3 rings (SSSR count). The van der Waals surface area contributed by atoms with E-state index in [2.05, 4.69) is 5.32 Å². The maximum absolute atomic E-state index is 12.9. The first-order chi connectivity index (χ1) is 12.1. The lowest BCUT2D eigenvalue weighted by Gasteiger charge is -2.17. The smallest absolute Gasteiger partial charge is 0.227 e. The van der Waals surface area contributed by atoms with E-state index < -0.39 is 0 Å². The highest BCUT2D eigenvalue weighted by atomic mass is 19.1. The van der Waals surface area contributed by atoms with E-state index in [0.29, 0.717) is 6.54 Å². The lowest BCUT2D eigenvalue weighted by atomic mass is 10.0. The maximum atomic E-state index is 12.9. The van der Waals surface area contributed by atoms with Crippen LogP contribution in [0.4, 0.5) is 10.1 Å². The van der Waals surface area contributed by atoms with Gasteiger partial charge in [0.05, 0.1) is 5.92 Å². The van der Waals surface area contributed by atoms with Crippen molar-refractivity contribution in [2.24, 2.45) is 5.92 Å². The van der Waals surface area contributed by atoms with E-state index in [1.807, 2.05) is 24.3 Å². The van der Waals surface area contributed by atoms with Crippen LogP contribution in [-0.4, -0.2) is 25.4 Å². The Labute approximate surface area is 146 Å². The summed E-state index contributed by atoms with van der Waals surface area (Å²) in [7, 11) is 1.59. The number of hydrogen-bond donors (Lipinski definition) is 1. The molecule has 1 unspecified atom stereocenters. The summed E-state index contributed by atoms with van der Waals surface area (Å²) in [4.78, 5) is 25.5. The van der Waals surface area contributed by atoms with Crippen molar-refractivity contribution in [2.75, 3.05) is 18.5 Å². The van der Waals surface area contributed by atoms with Gasteiger partial charge in [-0.05, 0) is 48.2 Å². The van der Waals surface area contributed by atoms with Gasteiger partial charge in [-0.3, -0.25) is 9.59 Å². The predicted molar refractivity (Wildman–Crippen MR) is 94.8 cm³/mol. The second kappa shape index (κ2) is 7.47. The fourth-order valence-corrected chi connectivity index (χ4v) is 3.12. The minimum atomic E-state index is -0.282. The van der Waals surface area contributed by atoms with Crippen LogP contribution in [-0.2, 0) is 22.4 Å². The zero-order valence-electron chi connectivity index (χ0n) is 14.2. The van der Waals surface area contributed by atoms with Gasteiger partial charge >= 0.3 is 0 Å². The van der Waals surface area contributed by atoms with Crippen LogP contribution in [0.5, 0.6) is 0 Å². The summed E-state index contributed by atoms with van der Waals surface area (Å²) < 4.78 is 12.9. The van der Waals surface area contributed by atoms with Crippen molar-refractivity contribution in [1.82, 2.24) is 5.32 Å². The van der Waals surface area contributed by atoms with Gasteiger partial charge in [-0.1, -0.05) is 24.3 Å². The summed E-state index contributed by atoms with van der Waals surface area (Å²) >= 11 is 0. The molecule has 5 heteroatoms. The lowest BCUT2D eigenvalue weighted by Crippen LogP contribution is -2.30. The number of carbonyl (C=O) groups is 2. The third-order valence-corrected chi connectivity index (χ3v) is 4.61. The van der Waals surface area contributed by atoms with Crippen molar-refractivity contribution in [3.8, 4) is 0 Å². The van der Waals surface area contributed by atoms with Crippen molar-refractivity contribution in [3.05, 3.63) is 65.5 Å². The van der Waals surface area contributed by atoms with Crippen LogP contribution in [0.2, 0.25) is 0 Å². The lowest BCUT2D eigenvalue weighted by molar-refractivity contribution is -0.125. The van der Waals surface area contributed by atoms with Crippen molar-refractivity contribution >= 4 is 17.5 Å². The monoisotopic (exact) mass is 340 g/mol. The van der Waals surface area contributed by atoms with Crippen molar-refractivity contribution in [3.63, 3.8) is 0 Å². The van der Waals surface area contributed by atoms with E-state index in [9.17, 15) is 14.0 Å². The summed E-state index contributed by atoms with van der Waals surface area (Å²) in [6.07, 6.45) is 1.94. The van der Waals surface area contributed by atoms with Gasteiger partial charge in [0.25, 0.3) is 0 Å². The summed E-state index contributed by atoms with van der Waals surface area (Å²) in [5.74, 6) is -0.617. The van der Waals surface area contributed by atoms with Crippen LogP contribution in [0.15, 0.2) is 48.5 Å². The highest BCUT2D eigenvalue weighted by Crippen LogP contribution is 2.25. The fourth-order valence-electron chi connectivity index (χ4n) is 3.12. The molecule has 1 N–H and O–H groups in total. The van der Waals surface area contributed by atoms with Crippen LogP contribution in [0.25, 0.3) is 0 Å². The zero-order chi connectivity index (χ0) is 17.8. The van der Waals surface area contributed by atoms with Gasteiger partial charge < -0.3 is 10.2 Å².